The second kappa shape index (κ2) is 5.49. The van der Waals surface area contributed by atoms with Crippen LogP contribution in [0.2, 0.25) is 0 Å². The van der Waals surface area contributed by atoms with Gasteiger partial charge in [-0.15, -0.1) is 0 Å². The first kappa shape index (κ1) is 14.6. The maximum absolute atomic E-state index is 12.7. The number of carbonyl (C=O) groups is 2. The van der Waals surface area contributed by atoms with Gasteiger partial charge in [-0.3, -0.25) is 9.59 Å². The second-order valence-electron chi connectivity index (χ2n) is 5.66. The average Bonchev–Trinajstić information content (AvgIpc) is 3.10. The van der Waals surface area contributed by atoms with Crippen LogP contribution < -0.4 is 9.47 Å². The number of aliphatic hydroxyl groups is 1. The van der Waals surface area contributed by atoms with Gasteiger partial charge in [0.25, 0.3) is 5.91 Å². The fourth-order valence-electron chi connectivity index (χ4n) is 2.77. The van der Waals surface area contributed by atoms with Crippen molar-refractivity contribution in [2.75, 3.05) is 27.4 Å². The van der Waals surface area contributed by atoms with Crippen LogP contribution in [0.3, 0.4) is 0 Å². The van der Waals surface area contributed by atoms with Gasteiger partial charge >= 0.3 is 0 Å². The van der Waals surface area contributed by atoms with Crippen LogP contribution in [0.15, 0.2) is 18.2 Å². The molecule has 0 aromatic heterocycles. The SMILES string of the molecule is CN(C)C(=O)C1CC(O)CN1C(=O)c1ccc2c(c1)OCO2. The van der Waals surface area contributed by atoms with E-state index in [2.05, 4.69) is 0 Å². The van der Waals surface area contributed by atoms with E-state index in [0.29, 0.717) is 17.1 Å². The number of nitrogens with zero attached hydrogens (tertiary/aromatic N) is 2. The predicted octanol–water partition coefficient (Wildman–Crippen LogP) is 0.0789. The molecule has 2 heterocycles. The zero-order chi connectivity index (χ0) is 15.9. The number of hydrogen-bond donors (Lipinski definition) is 1. The van der Waals surface area contributed by atoms with Crippen molar-refractivity contribution in [3.8, 4) is 11.5 Å². The lowest BCUT2D eigenvalue weighted by Gasteiger charge is -2.26. The van der Waals surface area contributed by atoms with Gasteiger partial charge < -0.3 is 24.4 Å². The van der Waals surface area contributed by atoms with Gasteiger partial charge in [0.1, 0.15) is 6.04 Å². The highest BCUT2D eigenvalue weighted by Crippen LogP contribution is 2.33. The Morgan fingerprint density at radius 3 is 2.73 bits per heavy atom. The molecule has 22 heavy (non-hydrogen) atoms. The minimum absolute atomic E-state index is 0.136. The number of likely N-dealkylation sites (N-methyl/N-ethyl adjacent to an activating group) is 1. The Morgan fingerprint density at radius 2 is 2.00 bits per heavy atom. The van der Waals surface area contributed by atoms with E-state index in [-0.39, 0.29) is 31.6 Å². The molecule has 3 rings (SSSR count). The number of rotatable bonds is 2. The van der Waals surface area contributed by atoms with Gasteiger partial charge in [0.2, 0.25) is 12.7 Å². The Morgan fingerprint density at radius 1 is 1.27 bits per heavy atom. The molecule has 0 spiro atoms. The Kier molecular flexibility index (Phi) is 3.66. The van der Waals surface area contributed by atoms with E-state index in [1.165, 1.54) is 9.80 Å². The Bertz CT molecular complexity index is 616. The number of amides is 2. The number of hydrogen-bond acceptors (Lipinski definition) is 5. The summed E-state index contributed by atoms with van der Waals surface area (Å²) in [6, 6.07) is 4.28. The monoisotopic (exact) mass is 306 g/mol. The molecule has 0 bridgehead atoms. The van der Waals surface area contributed by atoms with Crippen molar-refractivity contribution < 1.29 is 24.2 Å². The molecule has 2 aliphatic rings. The van der Waals surface area contributed by atoms with Crippen LogP contribution in [0.5, 0.6) is 11.5 Å². The highest BCUT2D eigenvalue weighted by atomic mass is 16.7. The highest BCUT2D eigenvalue weighted by molar-refractivity contribution is 5.98. The first-order valence-electron chi connectivity index (χ1n) is 7.07. The standard InChI is InChI=1S/C15H18N2O5/c1-16(2)15(20)11-6-10(18)7-17(11)14(19)9-3-4-12-13(5-9)22-8-21-12/h3-5,10-11,18H,6-8H2,1-2H3. The van der Waals surface area contributed by atoms with Crippen LogP contribution >= 0.6 is 0 Å². The third-order valence-electron chi connectivity index (χ3n) is 3.89. The summed E-state index contributed by atoms with van der Waals surface area (Å²) in [6.45, 7) is 0.286. The lowest BCUT2D eigenvalue weighted by atomic mass is 10.1. The van der Waals surface area contributed by atoms with Gasteiger partial charge in [-0.25, -0.2) is 0 Å². The van der Waals surface area contributed by atoms with Crippen LogP contribution in [0.4, 0.5) is 0 Å². The zero-order valence-corrected chi connectivity index (χ0v) is 12.5. The van der Waals surface area contributed by atoms with E-state index < -0.39 is 12.1 Å². The quantitative estimate of drug-likeness (QED) is 0.837. The van der Waals surface area contributed by atoms with Crippen LogP contribution in [-0.4, -0.2) is 66.3 Å². The summed E-state index contributed by atoms with van der Waals surface area (Å²) in [7, 11) is 3.27. The van der Waals surface area contributed by atoms with Crippen molar-refractivity contribution in [2.24, 2.45) is 0 Å². The summed E-state index contributed by atoms with van der Waals surface area (Å²) in [5.41, 5.74) is 0.412. The third kappa shape index (κ3) is 2.48. The zero-order valence-electron chi connectivity index (χ0n) is 12.5. The van der Waals surface area contributed by atoms with Crippen LogP contribution in [-0.2, 0) is 4.79 Å². The molecule has 1 aromatic carbocycles. The van der Waals surface area contributed by atoms with Crippen LogP contribution in [0, 0.1) is 0 Å². The molecule has 2 unspecified atom stereocenters. The van der Waals surface area contributed by atoms with Crippen molar-refractivity contribution in [2.45, 2.75) is 18.6 Å². The molecule has 2 amide bonds. The molecule has 7 heteroatoms. The van der Waals surface area contributed by atoms with Gasteiger partial charge in [-0.05, 0) is 18.2 Å². The van der Waals surface area contributed by atoms with Gasteiger partial charge in [0.05, 0.1) is 6.10 Å². The maximum atomic E-state index is 12.7. The molecule has 1 fully saturated rings. The normalized spacial score (nSPS) is 22.8. The Labute approximate surface area is 128 Å². The van der Waals surface area contributed by atoms with E-state index in [1.807, 2.05) is 0 Å². The van der Waals surface area contributed by atoms with Crippen LogP contribution in [0.25, 0.3) is 0 Å². The molecule has 2 aliphatic heterocycles. The van der Waals surface area contributed by atoms with Crippen LogP contribution in [0.1, 0.15) is 16.8 Å². The van der Waals surface area contributed by atoms with Crippen molar-refractivity contribution in [1.29, 1.82) is 0 Å². The Hall–Kier alpha value is -2.28. The number of likely N-dealkylation sites (tertiary alicyclic amines) is 1. The lowest BCUT2D eigenvalue weighted by Crippen LogP contribution is -2.45. The Balaban J connectivity index is 1.85. The van der Waals surface area contributed by atoms with Gasteiger partial charge in [-0.1, -0.05) is 0 Å². The second-order valence-corrected chi connectivity index (χ2v) is 5.66. The van der Waals surface area contributed by atoms with E-state index in [9.17, 15) is 14.7 Å². The first-order chi connectivity index (χ1) is 10.5. The maximum Gasteiger partial charge on any atom is 0.254 e. The van der Waals surface area contributed by atoms with Crippen molar-refractivity contribution in [3.05, 3.63) is 23.8 Å². The van der Waals surface area contributed by atoms with Crippen molar-refractivity contribution in [1.82, 2.24) is 9.80 Å². The summed E-state index contributed by atoms with van der Waals surface area (Å²) in [4.78, 5) is 27.7. The molecule has 0 radical (unpaired) electrons. The molecule has 118 valence electrons. The number of aliphatic hydroxyl groups excluding tert-OH is 1. The van der Waals surface area contributed by atoms with E-state index in [0.717, 1.165) is 0 Å². The summed E-state index contributed by atoms with van der Waals surface area (Å²) < 4.78 is 10.5. The van der Waals surface area contributed by atoms with Gasteiger partial charge in [-0.2, -0.15) is 0 Å². The number of β-amino-alcohol motifs (C(OH)–C–C–N with tert-alkyl or cyclic N) is 1. The first-order valence-corrected chi connectivity index (χ1v) is 7.07. The smallest absolute Gasteiger partial charge is 0.254 e. The minimum Gasteiger partial charge on any atom is -0.454 e. The lowest BCUT2D eigenvalue weighted by molar-refractivity contribution is -0.132. The highest BCUT2D eigenvalue weighted by Gasteiger charge is 2.40. The molecule has 1 N–H and O–H groups in total. The predicted molar refractivity (Wildman–Crippen MR) is 76.7 cm³/mol. The minimum atomic E-state index is -0.688. The molecule has 1 saturated heterocycles. The molecule has 0 aliphatic carbocycles. The summed E-state index contributed by atoms with van der Waals surface area (Å²) in [5, 5.41) is 9.84. The molecule has 2 atom stereocenters. The van der Waals surface area contributed by atoms with E-state index in [1.54, 1.807) is 32.3 Å². The fourth-order valence-corrected chi connectivity index (χ4v) is 2.77. The largest absolute Gasteiger partial charge is 0.454 e. The molecule has 0 saturated carbocycles. The van der Waals surface area contributed by atoms with Gasteiger partial charge in [0, 0.05) is 32.6 Å². The van der Waals surface area contributed by atoms with Gasteiger partial charge in [0.15, 0.2) is 11.5 Å². The number of fused-ring (bicyclic) bond motifs is 1. The topological polar surface area (TPSA) is 79.3 Å². The molecular weight excluding hydrogens is 288 g/mol. The van der Waals surface area contributed by atoms with Crippen molar-refractivity contribution >= 4 is 11.8 Å². The average molecular weight is 306 g/mol. The molecular formula is C15H18N2O5. The number of benzene rings is 1. The summed E-state index contributed by atoms with van der Waals surface area (Å²) >= 11 is 0. The summed E-state index contributed by atoms with van der Waals surface area (Å²) in [5.74, 6) is 0.626. The molecule has 7 nitrogen and oxygen atoms in total. The number of carbonyl (C=O) groups excluding carboxylic acids is 2. The third-order valence-corrected chi connectivity index (χ3v) is 3.89. The van der Waals surface area contributed by atoms with E-state index in [4.69, 9.17) is 9.47 Å². The van der Waals surface area contributed by atoms with E-state index >= 15 is 0 Å². The molecule has 1 aromatic rings. The fraction of sp³-hybridized carbons (Fsp3) is 0.467. The van der Waals surface area contributed by atoms with Crippen molar-refractivity contribution in [3.63, 3.8) is 0 Å². The summed E-state index contributed by atoms with van der Waals surface area (Å²) in [6.07, 6.45) is -0.431. The number of ether oxygens (including phenoxy) is 2.